The zero-order valence-corrected chi connectivity index (χ0v) is 9.19. The number of nitrogen functional groups attached to an aromatic ring is 1. The van der Waals surface area contributed by atoms with Crippen molar-refractivity contribution in [3.8, 4) is 0 Å². The molecule has 1 aliphatic rings. The summed E-state index contributed by atoms with van der Waals surface area (Å²) in [5.41, 5.74) is 9.75. The summed E-state index contributed by atoms with van der Waals surface area (Å²) in [6, 6.07) is 19.0. The van der Waals surface area contributed by atoms with Gasteiger partial charge in [-0.1, -0.05) is 42.5 Å². The van der Waals surface area contributed by atoms with Crippen LogP contribution in [0.25, 0.3) is 0 Å². The molecule has 1 saturated carbocycles. The van der Waals surface area contributed by atoms with Gasteiger partial charge in [0.25, 0.3) is 0 Å². The van der Waals surface area contributed by atoms with Crippen molar-refractivity contribution in [3.05, 3.63) is 65.7 Å². The summed E-state index contributed by atoms with van der Waals surface area (Å²) in [6.45, 7) is 0. The maximum Gasteiger partial charge on any atom is 0.0317 e. The summed E-state index contributed by atoms with van der Waals surface area (Å²) in [6.07, 6.45) is 2.47. The molecule has 0 atom stereocenters. The molecular formula is C15H15N. The van der Waals surface area contributed by atoms with Crippen molar-refractivity contribution in [2.45, 2.75) is 18.3 Å². The number of hydrogen-bond acceptors (Lipinski definition) is 1. The highest BCUT2D eigenvalue weighted by Crippen LogP contribution is 2.53. The fourth-order valence-electron chi connectivity index (χ4n) is 2.46. The summed E-state index contributed by atoms with van der Waals surface area (Å²) >= 11 is 0. The third-order valence-electron chi connectivity index (χ3n) is 3.52. The van der Waals surface area contributed by atoms with Gasteiger partial charge in [-0.15, -0.1) is 0 Å². The molecule has 1 heteroatoms. The molecule has 1 fully saturated rings. The molecule has 16 heavy (non-hydrogen) atoms. The van der Waals surface area contributed by atoms with Crippen molar-refractivity contribution < 1.29 is 0 Å². The Labute approximate surface area is 95.9 Å². The van der Waals surface area contributed by atoms with Crippen LogP contribution in [0.15, 0.2) is 54.6 Å². The van der Waals surface area contributed by atoms with E-state index in [1.807, 2.05) is 12.1 Å². The third-order valence-corrected chi connectivity index (χ3v) is 3.52. The van der Waals surface area contributed by atoms with E-state index in [1.54, 1.807) is 0 Å². The van der Waals surface area contributed by atoms with E-state index in [0.717, 1.165) is 5.69 Å². The number of hydrogen-bond donors (Lipinski definition) is 1. The van der Waals surface area contributed by atoms with Crippen LogP contribution in [-0.2, 0) is 5.41 Å². The summed E-state index contributed by atoms with van der Waals surface area (Å²) in [5, 5.41) is 0. The van der Waals surface area contributed by atoms with Gasteiger partial charge < -0.3 is 5.73 Å². The second kappa shape index (κ2) is 3.38. The molecule has 0 bridgehead atoms. The molecular weight excluding hydrogens is 194 g/mol. The molecule has 2 aromatic carbocycles. The Kier molecular flexibility index (Phi) is 2.00. The molecule has 0 spiro atoms. The zero-order chi connectivity index (χ0) is 11.0. The molecule has 0 saturated heterocycles. The first-order valence-electron chi connectivity index (χ1n) is 5.73. The quantitative estimate of drug-likeness (QED) is 0.754. The van der Waals surface area contributed by atoms with E-state index >= 15 is 0 Å². The van der Waals surface area contributed by atoms with Crippen molar-refractivity contribution in [3.63, 3.8) is 0 Å². The third kappa shape index (κ3) is 1.40. The Morgan fingerprint density at radius 3 is 2.12 bits per heavy atom. The molecule has 0 amide bonds. The van der Waals surface area contributed by atoms with Gasteiger partial charge in [0.15, 0.2) is 0 Å². The van der Waals surface area contributed by atoms with Crippen molar-refractivity contribution in [2.75, 3.05) is 5.73 Å². The number of nitrogens with two attached hydrogens (primary N) is 1. The van der Waals surface area contributed by atoms with Crippen LogP contribution in [0.2, 0.25) is 0 Å². The van der Waals surface area contributed by atoms with Crippen LogP contribution in [0, 0.1) is 0 Å². The maximum atomic E-state index is 5.86. The van der Waals surface area contributed by atoms with Crippen LogP contribution in [0.3, 0.4) is 0 Å². The van der Waals surface area contributed by atoms with Crippen molar-refractivity contribution in [1.29, 1.82) is 0 Å². The van der Waals surface area contributed by atoms with Crippen LogP contribution < -0.4 is 5.73 Å². The number of benzene rings is 2. The molecule has 1 nitrogen and oxygen atoms in total. The van der Waals surface area contributed by atoms with E-state index in [-0.39, 0.29) is 5.41 Å². The summed E-state index contributed by atoms with van der Waals surface area (Å²) in [4.78, 5) is 0. The Bertz CT molecular complexity index is 498. The molecule has 80 valence electrons. The Balaban J connectivity index is 2.07. The first-order valence-corrected chi connectivity index (χ1v) is 5.73. The van der Waals surface area contributed by atoms with Crippen LogP contribution in [0.1, 0.15) is 24.0 Å². The van der Waals surface area contributed by atoms with Gasteiger partial charge in [0.05, 0.1) is 0 Å². The average Bonchev–Trinajstić information content (AvgIpc) is 3.11. The van der Waals surface area contributed by atoms with Gasteiger partial charge in [-0.25, -0.2) is 0 Å². The molecule has 0 aromatic heterocycles. The van der Waals surface area contributed by atoms with Crippen LogP contribution in [0.4, 0.5) is 5.69 Å². The second-order valence-electron chi connectivity index (χ2n) is 4.57. The highest BCUT2D eigenvalue weighted by atomic mass is 14.6. The van der Waals surface area contributed by atoms with Crippen molar-refractivity contribution >= 4 is 5.69 Å². The lowest BCUT2D eigenvalue weighted by atomic mass is 9.88. The van der Waals surface area contributed by atoms with Crippen molar-refractivity contribution in [1.82, 2.24) is 0 Å². The van der Waals surface area contributed by atoms with E-state index in [2.05, 4.69) is 42.5 Å². The van der Waals surface area contributed by atoms with Gasteiger partial charge in [-0.2, -0.15) is 0 Å². The van der Waals surface area contributed by atoms with E-state index in [4.69, 9.17) is 5.73 Å². The van der Waals surface area contributed by atoms with Gasteiger partial charge in [-0.3, -0.25) is 0 Å². The largest absolute Gasteiger partial charge is 0.399 e. The first-order chi connectivity index (χ1) is 7.81. The minimum Gasteiger partial charge on any atom is -0.399 e. The van der Waals surface area contributed by atoms with Gasteiger partial charge in [0, 0.05) is 11.1 Å². The topological polar surface area (TPSA) is 26.0 Å². The second-order valence-corrected chi connectivity index (χ2v) is 4.57. The smallest absolute Gasteiger partial charge is 0.0317 e. The highest BCUT2D eigenvalue weighted by molar-refractivity contribution is 5.50. The van der Waals surface area contributed by atoms with Gasteiger partial charge in [0.1, 0.15) is 0 Å². The molecule has 0 unspecified atom stereocenters. The minimum absolute atomic E-state index is 0.247. The standard InChI is InChI=1S/C15H15N/c16-14-8-4-7-13(11-14)15(9-10-15)12-5-2-1-3-6-12/h1-8,11H,9-10,16H2. The molecule has 1 aliphatic carbocycles. The van der Waals surface area contributed by atoms with Crippen LogP contribution in [-0.4, -0.2) is 0 Å². The van der Waals surface area contributed by atoms with Gasteiger partial charge >= 0.3 is 0 Å². The summed E-state index contributed by atoms with van der Waals surface area (Å²) < 4.78 is 0. The number of rotatable bonds is 2. The molecule has 0 radical (unpaired) electrons. The predicted molar refractivity (Wildman–Crippen MR) is 67.3 cm³/mol. The Morgan fingerprint density at radius 1 is 0.812 bits per heavy atom. The molecule has 0 heterocycles. The number of anilines is 1. The van der Waals surface area contributed by atoms with E-state index < -0.39 is 0 Å². The normalized spacial score (nSPS) is 17.0. The minimum atomic E-state index is 0.247. The summed E-state index contributed by atoms with van der Waals surface area (Å²) in [7, 11) is 0. The Hall–Kier alpha value is -1.76. The molecule has 2 N–H and O–H groups in total. The summed E-state index contributed by atoms with van der Waals surface area (Å²) in [5.74, 6) is 0. The van der Waals surface area contributed by atoms with Crippen molar-refractivity contribution in [2.24, 2.45) is 0 Å². The lowest BCUT2D eigenvalue weighted by molar-refractivity contribution is 0.848. The molecule has 2 aromatic rings. The van der Waals surface area contributed by atoms with E-state index in [0.29, 0.717) is 0 Å². The van der Waals surface area contributed by atoms with Gasteiger partial charge in [-0.05, 0) is 36.1 Å². The lowest BCUT2D eigenvalue weighted by Gasteiger charge is -2.16. The lowest BCUT2D eigenvalue weighted by Crippen LogP contribution is -2.08. The Morgan fingerprint density at radius 2 is 1.50 bits per heavy atom. The fraction of sp³-hybridized carbons (Fsp3) is 0.200. The maximum absolute atomic E-state index is 5.86. The first kappa shape index (κ1) is 9.46. The van der Waals surface area contributed by atoms with E-state index in [9.17, 15) is 0 Å². The molecule has 3 rings (SSSR count). The average molecular weight is 209 g/mol. The molecule has 0 aliphatic heterocycles. The predicted octanol–water partition coefficient (Wildman–Crippen LogP) is 3.35. The van der Waals surface area contributed by atoms with E-state index in [1.165, 1.54) is 24.0 Å². The fourth-order valence-corrected chi connectivity index (χ4v) is 2.46. The SMILES string of the molecule is Nc1cccc(C2(c3ccccc3)CC2)c1. The monoisotopic (exact) mass is 209 g/mol. The zero-order valence-electron chi connectivity index (χ0n) is 9.19. The highest BCUT2D eigenvalue weighted by Gasteiger charge is 2.45. The van der Waals surface area contributed by atoms with Gasteiger partial charge in [0.2, 0.25) is 0 Å². The van der Waals surface area contributed by atoms with Crippen LogP contribution in [0.5, 0.6) is 0 Å². The van der Waals surface area contributed by atoms with Crippen LogP contribution >= 0.6 is 0 Å².